The minimum Gasteiger partial charge on any atom is -0.463 e. The molecule has 0 aliphatic carbocycles. The highest BCUT2D eigenvalue weighted by Crippen LogP contribution is 2.47. The van der Waals surface area contributed by atoms with E-state index in [0.717, 1.165) is 34.0 Å². The van der Waals surface area contributed by atoms with Gasteiger partial charge in [0.25, 0.3) is 0 Å². The van der Waals surface area contributed by atoms with Crippen molar-refractivity contribution in [1.82, 2.24) is 0 Å². The first-order chi connectivity index (χ1) is 11.7. The zero-order valence-electron chi connectivity index (χ0n) is 12.6. The van der Waals surface area contributed by atoms with Gasteiger partial charge in [-0.05, 0) is 42.0 Å². The SMILES string of the molecule is Clc1ccc(C2CC(c3ccco3)=Nc3ccccc3S2)c(Cl)c1. The molecule has 0 radical (unpaired) electrons. The number of aliphatic imine (C=N–C) groups is 1. The van der Waals surface area contributed by atoms with Crippen LogP contribution in [0.15, 0.2) is 75.2 Å². The first-order valence-electron chi connectivity index (χ1n) is 7.53. The molecule has 4 rings (SSSR count). The van der Waals surface area contributed by atoms with Crippen LogP contribution < -0.4 is 0 Å². The van der Waals surface area contributed by atoms with Gasteiger partial charge in [0.15, 0.2) is 0 Å². The van der Waals surface area contributed by atoms with Gasteiger partial charge in [-0.2, -0.15) is 0 Å². The molecular weight excluding hydrogens is 361 g/mol. The van der Waals surface area contributed by atoms with Crippen LogP contribution >= 0.6 is 35.0 Å². The van der Waals surface area contributed by atoms with Crippen molar-refractivity contribution in [2.24, 2.45) is 4.99 Å². The minimum atomic E-state index is 0.141. The van der Waals surface area contributed by atoms with Crippen molar-refractivity contribution in [3.8, 4) is 0 Å². The van der Waals surface area contributed by atoms with E-state index in [2.05, 4.69) is 6.07 Å². The molecule has 1 aromatic heterocycles. The van der Waals surface area contributed by atoms with Gasteiger partial charge in [-0.3, -0.25) is 0 Å². The lowest BCUT2D eigenvalue weighted by atomic mass is 10.0. The van der Waals surface area contributed by atoms with E-state index < -0.39 is 0 Å². The maximum Gasteiger partial charge on any atom is 0.148 e. The highest BCUT2D eigenvalue weighted by Gasteiger charge is 2.25. The molecule has 0 bridgehead atoms. The molecule has 0 N–H and O–H groups in total. The van der Waals surface area contributed by atoms with Gasteiger partial charge >= 0.3 is 0 Å². The van der Waals surface area contributed by atoms with Crippen molar-refractivity contribution in [2.75, 3.05) is 0 Å². The Morgan fingerprint density at radius 2 is 1.92 bits per heavy atom. The summed E-state index contributed by atoms with van der Waals surface area (Å²) < 4.78 is 5.58. The second-order valence-corrected chi connectivity index (χ2v) is 7.57. The molecule has 1 unspecified atom stereocenters. The molecule has 2 aromatic carbocycles. The van der Waals surface area contributed by atoms with Gasteiger partial charge < -0.3 is 4.42 Å². The van der Waals surface area contributed by atoms with Crippen LogP contribution in [0.4, 0.5) is 5.69 Å². The van der Waals surface area contributed by atoms with Crippen LogP contribution in [0.2, 0.25) is 10.0 Å². The number of rotatable bonds is 2. The quantitative estimate of drug-likeness (QED) is 0.485. The van der Waals surface area contributed by atoms with Crippen molar-refractivity contribution in [3.05, 3.63) is 82.2 Å². The molecule has 0 saturated heterocycles. The summed E-state index contributed by atoms with van der Waals surface area (Å²) in [5.41, 5.74) is 2.94. The van der Waals surface area contributed by atoms with Gasteiger partial charge in [0, 0.05) is 26.6 Å². The highest BCUT2D eigenvalue weighted by molar-refractivity contribution is 7.99. The van der Waals surface area contributed by atoms with Crippen molar-refractivity contribution in [2.45, 2.75) is 16.6 Å². The number of benzene rings is 2. The zero-order chi connectivity index (χ0) is 16.5. The number of hydrogen-bond donors (Lipinski definition) is 0. The maximum absolute atomic E-state index is 6.45. The Kier molecular flexibility index (Phi) is 4.40. The van der Waals surface area contributed by atoms with Crippen molar-refractivity contribution < 1.29 is 4.42 Å². The van der Waals surface area contributed by atoms with Crippen LogP contribution in [0.3, 0.4) is 0 Å². The first-order valence-corrected chi connectivity index (χ1v) is 9.16. The maximum atomic E-state index is 6.45. The third-order valence-corrected chi connectivity index (χ3v) is 5.75. The fourth-order valence-corrected chi connectivity index (χ4v) is 4.62. The lowest BCUT2D eigenvalue weighted by Crippen LogP contribution is -2.04. The highest BCUT2D eigenvalue weighted by atomic mass is 35.5. The Morgan fingerprint density at radius 1 is 1.04 bits per heavy atom. The Labute approximate surface area is 154 Å². The van der Waals surface area contributed by atoms with Gasteiger partial charge in [0.2, 0.25) is 0 Å². The number of furan rings is 1. The third kappa shape index (κ3) is 3.12. The number of fused-ring (bicyclic) bond motifs is 1. The van der Waals surface area contributed by atoms with E-state index >= 15 is 0 Å². The van der Waals surface area contributed by atoms with E-state index in [1.54, 1.807) is 24.1 Å². The zero-order valence-corrected chi connectivity index (χ0v) is 14.9. The predicted octanol–water partition coefficient (Wildman–Crippen LogP) is 6.94. The molecule has 1 aliphatic heterocycles. The molecule has 24 heavy (non-hydrogen) atoms. The van der Waals surface area contributed by atoms with E-state index in [4.69, 9.17) is 32.6 Å². The lowest BCUT2D eigenvalue weighted by molar-refractivity contribution is 0.555. The Bertz CT molecular complexity index is 905. The van der Waals surface area contributed by atoms with E-state index in [-0.39, 0.29) is 5.25 Å². The van der Waals surface area contributed by atoms with E-state index in [1.807, 2.05) is 42.5 Å². The fourth-order valence-electron chi connectivity index (χ4n) is 2.75. The van der Waals surface area contributed by atoms with Gasteiger partial charge in [-0.15, -0.1) is 11.8 Å². The summed E-state index contributed by atoms with van der Waals surface area (Å²) in [4.78, 5) is 5.97. The second-order valence-electron chi connectivity index (χ2n) is 5.48. The van der Waals surface area contributed by atoms with Crippen LogP contribution in [-0.2, 0) is 0 Å². The summed E-state index contributed by atoms with van der Waals surface area (Å²) in [6, 6.07) is 17.6. The van der Waals surface area contributed by atoms with E-state index in [9.17, 15) is 0 Å². The van der Waals surface area contributed by atoms with E-state index in [1.165, 1.54) is 0 Å². The molecule has 1 aliphatic rings. The van der Waals surface area contributed by atoms with Crippen molar-refractivity contribution in [1.29, 1.82) is 0 Å². The van der Waals surface area contributed by atoms with Crippen LogP contribution in [-0.4, -0.2) is 5.71 Å². The number of nitrogens with zero attached hydrogens (tertiary/aromatic N) is 1. The van der Waals surface area contributed by atoms with Gasteiger partial charge in [-0.25, -0.2) is 4.99 Å². The molecule has 1 atom stereocenters. The van der Waals surface area contributed by atoms with Gasteiger partial charge in [0.1, 0.15) is 5.76 Å². The topological polar surface area (TPSA) is 25.5 Å². The molecule has 0 amide bonds. The fraction of sp³-hybridized carbons (Fsp3) is 0.105. The molecular formula is C19H13Cl2NOS. The number of hydrogen-bond acceptors (Lipinski definition) is 3. The van der Waals surface area contributed by atoms with Crippen molar-refractivity contribution in [3.63, 3.8) is 0 Å². The second kappa shape index (κ2) is 6.67. The van der Waals surface area contributed by atoms with Crippen LogP contribution in [0.25, 0.3) is 0 Å². The summed E-state index contributed by atoms with van der Waals surface area (Å²) in [6.07, 6.45) is 2.40. The van der Waals surface area contributed by atoms with Crippen LogP contribution in [0.5, 0.6) is 0 Å². The minimum absolute atomic E-state index is 0.141. The molecule has 0 fully saturated rings. The Hall–Kier alpha value is -1.68. The standard InChI is InChI=1S/C19H13Cl2NOS/c20-12-7-8-13(14(21)10-12)19-11-16(17-5-3-9-23-17)22-15-4-1-2-6-18(15)24-19/h1-10,19H,11H2. The number of para-hydroxylation sites is 1. The predicted molar refractivity (Wildman–Crippen MR) is 101 cm³/mol. The monoisotopic (exact) mass is 373 g/mol. The first kappa shape index (κ1) is 15.8. The Balaban J connectivity index is 1.81. The average molecular weight is 374 g/mol. The molecule has 120 valence electrons. The van der Waals surface area contributed by atoms with E-state index in [0.29, 0.717) is 10.0 Å². The summed E-state index contributed by atoms with van der Waals surface area (Å²) >= 11 is 14.3. The molecule has 2 nitrogen and oxygen atoms in total. The smallest absolute Gasteiger partial charge is 0.148 e. The third-order valence-electron chi connectivity index (χ3n) is 3.88. The van der Waals surface area contributed by atoms with Gasteiger partial charge in [0.05, 0.1) is 17.7 Å². The molecule has 5 heteroatoms. The number of thioether (sulfide) groups is 1. The summed E-state index contributed by atoms with van der Waals surface area (Å²) in [6.45, 7) is 0. The van der Waals surface area contributed by atoms with Gasteiger partial charge in [-0.1, -0.05) is 41.4 Å². The average Bonchev–Trinajstić information content (AvgIpc) is 3.03. The Morgan fingerprint density at radius 3 is 2.71 bits per heavy atom. The van der Waals surface area contributed by atoms with Crippen molar-refractivity contribution >= 4 is 46.4 Å². The molecule has 0 saturated carbocycles. The molecule has 0 spiro atoms. The largest absolute Gasteiger partial charge is 0.463 e. The molecule has 3 aromatic rings. The normalized spacial score (nSPS) is 17.1. The number of halogens is 2. The summed E-state index contributed by atoms with van der Waals surface area (Å²) in [5.74, 6) is 0.794. The summed E-state index contributed by atoms with van der Waals surface area (Å²) in [7, 11) is 0. The summed E-state index contributed by atoms with van der Waals surface area (Å²) in [5, 5.41) is 1.46. The lowest BCUT2D eigenvalue weighted by Gasteiger charge is -2.17. The van der Waals surface area contributed by atoms with Crippen LogP contribution in [0, 0.1) is 0 Å². The molecule has 2 heterocycles. The van der Waals surface area contributed by atoms with Crippen LogP contribution in [0.1, 0.15) is 23.0 Å².